The van der Waals surface area contributed by atoms with E-state index in [-0.39, 0.29) is 17.6 Å². The van der Waals surface area contributed by atoms with Crippen LogP contribution in [-0.4, -0.2) is 28.9 Å². The summed E-state index contributed by atoms with van der Waals surface area (Å²) in [6, 6.07) is 16.8. The summed E-state index contributed by atoms with van der Waals surface area (Å²) in [7, 11) is 0. The second-order valence-corrected chi connectivity index (χ2v) is 8.25. The number of aryl methyl sites for hydroxylation is 1. The quantitative estimate of drug-likeness (QED) is 0.579. The summed E-state index contributed by atoms with van der Waals surface area (Å²) in [6.07, 6.45) is 5.03. The Labute approximate surface area is 188 Å². The van der Waals surface area contributed by atoms with Crippen LogP contribution in [0.1, 0.15) is 29.5 Å². The molecule has 0 aliphatic carbocycles. The fourth-order valence-electron chi connectivity index (χ4n) is 3.94. The van der Waals surface area contributed by atoms with E-state index >= 15 is 0 Å². The molecule has 1 aliphatic rings. The number of hydrogen-bond donors (Lipinski definition) is 1. The van der Waals surface area contributed by atoms with Gasteiger partial charge in [0.2, 0.25) is 5.91 Å². The predicted octanol–water partition coefficient (Wildman–Crippen LogP) is 4.85. The normalized spacial score (nSPS) is 14.8. The molecule has 0 bridgehead atoms. The van der Waals surface area contributed by atoms with E-state index in [4.69, 9.17) is 4.74 Å². The number of likely N-dealkylation sites (tertiary alicyclic amines) is 1. The molecule has 0 unspecified atom stereocenters. The first kappa shape index (κ1) is 22.0. The first-order valence-electron chi connectivity index (χ1n) is 11.0. The van der Waals surface area contributed by atoms with E-state index < -0.39 is 0 Å². The molecule has 0 radical (unpaired) electrons. The van der Waals surface area contributed by atoms with Gasteiger partial charge < -0.3 is 10.1 Å². The lowest BCUT2D eigenvalue weighted by Crippen LogP contribution is -2.40. The van der Waals surface area contributed by atoms with Crippen LogP contribution in [0.5, 0.6) is 11.5 Å². The summed E-state index contributed by atoms with van der Waals surface area (Å²) in [5, 5.41) is 2.97. The van der Waals surface area contributed by atoms with Gasteiger partial charge in [0.1, 0.15) is 17.3 Å². The van der Waals surface area contributed by atoms with Gasteiger partial charge in [-0.05, 0) is 68.2 Å². The van der Waals surface area contributed by atoms with Crippen LogP contribution >= 0.6 is 0 Å². The number of halogens is 1. The van der Waals surface area contributed by atoms with Crippen molar-refractivity contribution in [3.63, 3.8) is 0 Å². The minimum atomic E-state index is -0.238. The van der Waals surface area contributed by atoms with Crippen LogP contribution in [0.2, 0.25) is 0 Å². The minimum Gasteiger partial charge on any atom is -0.455 e. The van der Waals surface area contributed by atoms with E-state index in [1.54, 1.807) is 25.4 Å². The van der Waals surface area contributed by atoms with E-state index in [9.17, 15) is 9.18 Å². The molecule has 2 aromatic carbocycles. The molecule has 1 N–H and O–H groups in total. The van der Waals surface area contributed by atoms with Crippen LogP contribution in [0.4, 0.5) is 4.39 Å². The minimum absolute atomic E-state index is 0.0107. The van der Waals surface area contributed by atoms with Gasteiger partial charge in [0.05, 0.1) is 6.20 Å². The van der Waals surface area contributed by atoms with Crippen molar-refractivity contribution >= 4 is 5.91 Å². The highest BCUT2D eigenvalue weighted by atomic mass is 19.1. The number of rotatable bonds is 7. The largest absolute Gasteiger partial charge is 0.455 e. The van der Waals surface area contributed by atoms with Crippen molar-refractivity contribution in [2.45, 2.75) is 32.9 Å². The monoisotopic (exact) mass is 433 g/mol. The number of ether oxygens (including phenoxy) is 1. The van der Waals surface area contributed by atoms with E-state index in [1.807, 2.05) is 36.4 Å². The van der Waals surface area contributed by atoms with E-state index in [0.717, 1.165) is 49.4 Å². The predicted molar refractivity (Wildman–Crippen MR) is 122 cm³/mol. The van der Waals surface area contributed by atoms with Crippen LogP contribution in [-0.2, 0) is 17.9 Å². The molecule has 166 valence electrons. The van der Waals surface area contributed by atoms with Crippen molar-refractivity contribution in [3.8, 4) is 11.5 Å². The molecule has 1 aromatic heterocycles. The maximum absolute atomic E-state index is 13.7. The molecule has 4 rings (SSSR count). The van der Waals surface area contributed by atoms with Crippen LogP contribution in [0, 0.1) is 18.7 Å². The summed E-state index contributed by atoms with van der Waals surface area (Å²) in [6.45, 7) is 4.55. The Morgan fingerprint density at radius 2 is 1.97 bits per heavy atom. The molecule has 1 amide bonds. The average Bonchev–Trinajstić information content (AvgIpc) is 2.82. The molecule has 0 saturated carbocycles. The van der Waals surface area contributed by atoms with Crippen molar-refractivity contribution in [2.75, 3.05) is 13.1 Å². The number of piperidine rings is 1. The van der Waals surface area contributed by atoms with Crippen molar-refractivity contribution in [1.29, 1.82) is 0 Å². The number of aromatic nitrogens is 1. The lowest BCUT2D eigenvalue weighted by atomic mass is 9.95. The van der Waals surface area contributed by atoms with Gasteiger partial charge in [-0.2, -0.15) is 0 Å². The number of carbonyl (C=O) groups excluding carboxylic acids is 1. The Balaban J connectivity index is 1.28. The molecule has 6 heteroatoms. The average molecular weight is 434 g/mol. The molecular formula is C26H28FN3O2. The third-order valence-electron chi connectivity index (χ3n) is 5.89. The smallest absolute Gasteiger partial charge is 0.223 e. The number of amides is 1. The molecule has 1 aliphatic heterocycles. The summed E-state index contributed by atoms with van der Waals surface area (Å²) in [5.41, 5.74) is 2.50. The van der Waals surface area contributed by atoms with Crippen LogP contribution in [0.15, 0.2) is 67.0 Å². The first-order chi connectivity index (χ1) is 15.6. The van der Waals surface area contributed by atoms with Gasteiger partial charge in [0.15, 0.2) is 0 Å². The Morgan fingerprint density at radius 1 is 1.16 bits per heavy atom. The Morgan fingerprint density at radius 3 is 2.72 bits per heavy atom. The Hall–Kier alpha value is -3.25. The summed E-state index contributed by atoms with van der Waals surface area (Å²) in [4.78, 5) is 19.0. The molecule has 2 heterocycles. The topological polar surface area (TPSA) is 54.5 Å². The van der Waals surface area contributed by atoms with Crippen LogP contribution < -0.4 is 10.1 Å². The zero-order chi connectivity index (χ0) is 22.3. The lowest BCUT2D eigenvalue weighted by Gasteiger charge is -2.31. The first-order valence-corrected chi connectivity index (χ1v) is 11.0. The number of para-hydroxylation sites is 1. The Kier molecular flexibility index (Phi) is 7.12. The summed E-state index contributed by atoms with van der Waals surface area (Å²) in [5.74, 6) is 1.33. The second kappa shape index (κ2) is 10.4. The number of pyridine rings is 1. The third kappa shape index (κ3) is 5.71. The molecule has 5 nitrogen and oxygen atoms in total. The highest BCUT2D eigenvalue weighted by molar-refractivity contribution is 5.78. The number of benzene rings is 2. The maximum atomic E-state index is 13.7. The highest BCUT2D eigenvalue weighted by Crippen LogP contribution is 2.27. The summed E-state index contributed by atoms with van der Waals surface area (Å²) < 4.78 is 19.7. The second-order valence-electron chi connectivity index (χ2n) is 8.25. The molecule has 3 aromatic rings. The lowest BCUT2D eigenvalue weighted by molar-refractivity contribution is -0.126. The van der Waals surface area contributed by atoms with Gasteiger partial charge in [-0.1, -0.05) is 30.3 Å². The molecule has 0 spiro atoms. The van der Waals surface area contributed by atoms with E-state index in [0.29, 0.717) is 17.9 Å². The standard InChI is InChI=1S/C26H28FN3O2/c1-19-8-9-20(15-24(19)27)16-29-26(31)21-10-13-30(14-11-21)18-22-5-2-3-7-25(22)32-23-6-4-12-28-17-23/h2-9,12,15,17,21H,10-11,13-14,16,18H2,1H3,(H,29,31). The Bertz CT molecular complexity index is 1050. The number of nitrogens with one attached hydrogen (secondary N) is 1. The highest BCUT2D eigenvalue weighted by Gasteiger charge is 2.25. The number of nitrogens with zero attached hydrogens (tertiary/aromatic N) is 2. The van der Waals surface area contributed by atoms with Crippen LogP contribution in [0.25, 0.3) is 0 Å². The van der Waals surface area contributed by atoms with Gasteiger partial charge in [0, 0.05) is 30.8 Å². The van der Waals surface area contributed by atoms with Gasteiger partial charge >= 0.3 is 0 Å². The van der Waals surface area contributed by atoms with Gasteiger partial charge in [-0.15, -0.1) is 0 Å². The van der Waals surface area contributed by atoms with Crippen molar-refractivity contribution < 1.29 is 13.9 Å². The van der Waals surface area contributed by atoms with Gasteiger partial charge in [-0.25, -0.2) is 4.39 Å². The molecular weight excluding hydrogens is 405 g/mol. The molecule has 1 fully saturated rings. The van der Waals surface area contributed by atoms with Gasteiger partial charge in [-0.3, -0.25) is 14.7 Å². The van der Waals surface area contributed by atoms with Gasteiger partial charge in [0.25, 0.3) is 0 Å². The maximum Gasteiger partial charge on any atom is 0.223 e. The van der Waals surface area contributed by atoms with E-state index in [2.05, 4.69) is 21.3 Å². The SMILES string of the molecule is Cc1ccc(CNC(=O)C2CCN(Cc3ccccc3Oc3cccnc3)CC2)cc1F. The van der Waals surface area contributed by atoms with Crippen molar-refractivity contribution in [2.24, 2.45) is 5.92 Å². The van der Waals surface area contributed by atoms with E-state index in [1.165, 1.54) is 6.07 Å². The zero-order valence-electron chi connectivity index (χ0n) is 18.3. The number of carbonyl (C=O) groups is 1. The number of hydrogen-bond acceptors (Lipinski definition) is 4. The molecule has 32 heavy (non-hydrogen) atoms. The van der Waals surface area contributed by atoms with Crippen molar-refractivity contribution in [3.05, 3.63) is 89.5 Å². The van der Waals surface area contributed by atoms with Crippen LogP contribution in [0.3, 0.4) is 0 Å². The fourth-order valence-corrected chi connectivity index (χ4v) is 3.94. The molecule has 1 saturated heterocycles. The third-order valence-corrected chi connectivity index (χ3v) is 5.89. The molecule has 0 atom stereocenters. The van der Waals surface area contributed by atoms with Crippen molar-refractivity contribution in [1.82, 2.24) is 15.2 Å². The fraction of sp³-hybridized carbons (Fsp3) is 0.308. The summed E-state index contributed by atoms with van der Waals surface area (Å²) >= 11 is 0. The zero-order valence-corrected chi connectivity index (χ0v) is 18.3.